The van der Waals surface area contributed by atoms with E-state index in [0.29, 0.717) is 6.54 Å². The average molecular weight is 361 g/mol. The van der Waals surface area contributed by atoms with E-state index in [0.717, 1.165) is 24.9 Å². The first-order valence-electron chi connectivity index (χ1n) is 7.90. The number of hydrogen-bond acceptors (Lipinski definition) is 6. The van der Waals surface area contributed by atoms with Gasteiger partial charge in [0.2, 0.25) is 0 Å². The summed E-state index contributed by atoms with van der Waals surface area (Å²) in [6.45, 7) is 1.53. The summed E-state index contributed by atoms with van der Waals surface area (Å²) in [6, 6.07) is 14.3. The summed E-state index contributed by atoms with van der Waals surface area (Å²) in [5.74, 6) is 0. The third-order valence-electron chi connectivity index (χ3n) is 4.25. The van der Waals surface area contributed by atoms with Crippen LogP contribution in [0.3, 0.4) is 0 Å². The largest absolute Gasteiger partial charge is 0.375 e. The topological polar surface area (TPSA) is 92.6 Å². The van der Waals surface area contributed by atoms with Crippen molar-refractivity contribution in [2.75, 3.05) is 29.6 Å². The Morgan fingerprint density at radius 2 is 1.88 bits per heavy atom. The van der Waals surface area contributed by atoms with E-state index < -0.39 is 14.8 Å². The Kier molecular flexibility index (Phi) is 4.63. The van der Waals surface area contributed by atoms with Gasteiger partial charge < -0.3 is 10.2 Å². The zero-order valence-electron chi connectivity index (χ0n) is 13.8. The summed E-state index contributed by atoms with van der Waals surface area (Å²) in [7, 11) is -3.68. The number of nitro benzene ring substituents is 1. The molecule has 1 aliphatic heterocycles. The van der Waals surface area contributed by atoms with Crippen LogP contribution in [-0.2, 0) is 9.84 Å². The highest BCUT2D eigenvalue weighted by atomic mass is 32.2. The molecule has 3 rings (SSSR count). The quantitative estimate of drug-likeness (QED) is 0.650. The fourth-order valence-electron chi connectivity index (χ4n) is 3.10. The maximum atomic E-state index is 11.8. The molecule has 7 nitrogen and oxygen atoms in total. The second-order valence-corrected chi connectivity index (χ2v) is 8.08. The zero-order valence-corrected chi connectivity index (χ0v) is 14.6. The first-order valence-corrected chi connectivity index (χ1v) is 9.79. The van der Waals surface area contributed by atoms with Crippen molar-refractivity contribution in [3.63, 3.8) is 0 Å². The number of nitrogens with zero attached hydrogens (tertiary/aromatic N) is 2. The number of nitrogens with one attached hydrogen (secondary N) is 1. The molecule has 8 heteroatoms. The number of benzene rings is 2. The van der Waals surface area contributed by atoms with Gasteiger partial charge in [0.25, 0.3) is 0 Å². The van der Waals surface area contributed by atoms with E-state index in [1.165, 1.54) is 12.1 Å². The van der Waals surface area contributed by atoms with Crippen molar-refractivity contribution < 1.29 is 13.3 Å². The van der Waals surface area contributed by atoms with Crippen LogP contribution in [0.25, 0.3) is 0 Å². The van der Waals surface area contributed by atoms with Gasteiger partial charge in [0, 0.05) is 31.1 Å². The molecule has 1 N–H and O–H groups in total. The van der Waals surface area contributed by atoms with E-state index in [1.807, 2.05) is 30.3 Å². The molecule has 1 saturated heterocycles. The Morgan fingerprint density at radius 3 is 2.52 bits per heavy atom. The molecular weight excluding hydrogens is 342 g/mol. The molecule has 1 aliphatic rings. The smallest absolute Gasteiger partial charge is 0.310 e. The normalized spacial score (nSPS) is 17.5. The molecule has 1 fully saturated rings. The van der Waals surface area contributed by atoms with Gasteiger partial charge in [0.05, 0.1) is 4.92 Å². The van der Waals surface area contributed by atoms with Crippen LogP contribution in [0.5, 0.6) is 0 Å². The summed E-state index contributed by atoms with van der Waals surface area (Å²) < 4.78 is 23.7. The molecule has 1 atom stereocenters. The highest BCUT2D eigenvalue weighted by Crippen LogP contribution is 2.33. The van der Waals surface area contributed by atoms with E-state index in [-0.39, 0.29) is 22.3 Å². The predicted molar refractivity (Wildman–Crippen MR) is 96.9 cm³/mol. The lowest BCUT2D eigenvalue weighted by Crippen LogP contribution is -2.26. The molecule has 132 valence electrons. The van der Waals surface area contributed by atoms with E-state index >= 15 is 0 Å². The van der Waals surface area contributed by atoms with E-state index in [9.17, 15) is 18.5 Å². The molecular formula is C17H19N3O4S. The minimum absolute atomic E-state index is 0.00807. The number of anilines is 2. The Labute approximate surface area is 146 Å². The van der Waals surface area contributed by atoms with E-state index in [4.69, 9.17) is 0 Å². The minimum Gasteiger partial charge on any atom is -0.375 e. The molecule has 0 aromatic heterocycles. The van der Waals surface area contributed by atoms with Crippen LogP contribution in [0.4, 0.5) is 17.1 Å². The first kappa shape index (κ1) is 17.2. The van der Waals surface area contributed by atoms with Crippen LogP contribution in [-0.4, -0.2) is 38.7 Å². The number of hydrogen-bond donors (Lipinski definition) is 1. The molecule has 0 spiro atoms. The van der Waals surface area contributed by atoms with Gasteiger partial charge in [-0.3, -0.25) is 10.1 Å². The summed E-state index contributed by atoms with van der Waals surface area (Å²) in [5.41, 5.74) is 0.960. The molecule has 0 bridgehead atoms. The standard InChI is InChI=1S/C17H19N3O4S/c1-25(23,24)16-9-5-8-15(17(16)20(21)22)18-13-10-11-19(12-13)14-6-3-2-4-7-14/h2-9,13,18H,10-12H2,1H3. The zero-order chi connectivity index (χ0) is 18.0. The number of rotatable bonds is 5. The summed E-state index contributed by atoms with van der Waals surface area (Å²) >= 11 is 0. The summed E-state index contributed by atoms with van der Waals surface area (Å²) in [6.07, 6.45) is 1.79. The van der Waals surface area contributed by atoms with Gasteiger partial charge in [-0.25, -0.2) is 8.42 Å². The Hall–Kier alpha value is -2.61. The second kappa shape index (κ2) is 6.72. The highest BCUT2D eigenvalue weighted by molar-refractivity contribution is 7.90. The fourth-order valence-corrected chi connectivity index (χ4v) is 3.96. The Morgan fingerprint density at radius 1 is 1.16 bits per heavy atom. The van der Waals surface area contributed by atoms with Crippen molar-refractivity contribution in [1.29, 1.82) is 0 Å². The molecule has 25 heavy (non-hydrogen) atoms. The van der Waals surface area contributed by atoms with Crippen molar-refractivity contribution in [1.82, 2.24) is 0 Å². The van der Waals surface area contributed by atoms with Crippen LogP contribution in [0.2, 0.25) is 0 Å². The molecule has 0 radical (unpaired) electrons. The van der Waals surface area contributed by atoms with Crippen molar-refractivity contribution in [3.05, 3.63) is 58.6 Å². The van der Waals surface area contributed by atoms with Gasteiger partial charge in [-0.2, -0.15) is 0 Å². The number of sulfone groups is 1. The maximum Gasteiger partial charge on any atom is 0.310 e. The molecule has 1 heterocycles. The minimum atomic E-state index is -3.68. The van der Waals surface area contributed by atoms with Gasteiger partial charge in [0.15, 0.2) is 9.84 Å². The number of nitro groups is 1. The molecule has 2 aromatic rings. The van der Waals surface area contributed by atoms with Gasteiger partial charge in [-0.05, 0) is 30.7 Å². The third kappa shape index (κ3) is 3.74. The van der Waals surface area contributed by atoms with Crippen LogP contribution < -0.4 is 10.2 Å². The number of para-hydroxylation sites is 2. The molecule has 1 unspecified atom stereocenters. The lowest BCUT2D eigenvalue weighted by atomic mass is 10.2. The van der Waals surface area contributed by atoms with Crippen LogP contribution in [0.1, 0.15) is 6.42 Å². The second-order valence-electron chi connectivity index (χ2n) is 6.09. The van der Waals surface area contributed by atoms with Crippen molar-refractivity contribution in [2.24, 2.45) is 0 Å². The highest BCUT2D eigenvalue weighted by Gasteiger charge is 2.29. The molecule has 0 aliphatic carbocycles. The SMILES string of the molecule is CS(=O)(=O)c1cccc(NC2CCN(c3ccccc3)C2)c1[N+](=O)[O-]. The monoisotopic (exact) mass is 361 g/mol. The van der Waals surface area contributed by atoms with Crippen LogP contribution in [0.15, 0.2) is 53.4 Å². The predicted octanol–water partition coefficient (Wildman–Crippen LogP) is 2.69. The van der Waals surface area contributed by atoms with Crippen LogP contribution in [0, 0.1) is 10.1 Å². The van der Waals surface area contributed by atoms with Gasteiger partial charge >= 0.3 is 5.69 Å². The van der Waals surface area contributed by atoms with E-state index in [2.05, 4.69) is 10.2 Å². The summed E-state index contributed by atoms with van der Waals surface area (Å²) in [4.78, 5) is 12.7. The van der Waals surface area contributed by atoms with Gasteiger partial charge in [0.1, 0.15) is 10.6 Å². The Bertz CT molecular complexity index is 884. The average Bonchev–Trinajstić information content (AvgIpc) is 3.03. The lowest BCUT2D eigenvalue weighted by Gasteiger charge is -2.19. The summed E-state index contributed by atoms with van der Waals surface area (Å²) in [5, 5.41) is 14.6. The van der Waals surface area contributed by atoms with E-state index in [1.54, 1.807) is 6.07 Å². The first-order chi connectivity index (χ1) is 11.9. The molecule has 0 amide bonds. The lowest BCUT2D eigenvalue weighted by molar-refractivity contribution is -0.386. The van der Waals surface area contributed by atoms with Crippen molar-refractivity contribution >= 4 is 26.9 Å². The van der Waals surface area contributed by atoms with Crippen molar-refractivity contribution in [3.8, 4) is 0 Å². The fraction of sp³-hybridized carbons (Fsp3) is 0.294. The maximum absolute atomic E-state index is 11.8. The Balaban J connectivity index is 1.83. The van der Waals surface area contributed by atoms with Gasteiger partial charge in [-0.15, -0.1) is 0 Å². The molecule has 2 aromatic carbocycles. The van der Waals surface area contributed by atoms with Gasteiger partial charge in [-0.1, -0.05) is 24.3 Å². The van der Waals surface area contributed by atoms with Crippen LogP contribution >= 0.6 is 0 Å². The third-order valence-corrected chi connectivity index (χ3v) is 5.38. The van der Waals surface area contributed by atoms with Crippen molar-refractivity contribution in [2.45, 2.75) is 17.4 Å². The molecule has 0 saturated carbocycles.